The van der Waals surface area contributed by atoms with Gasteiger partial charge in [-0.3, -0.25) is 14.4 Å². The predicted octanol–water partition coefficient (Wildman–Crippen LogP) is 4.57. The lowest BCUT2D eigenvalue weighted by atomic mass is 9.98. The summed E-state index contributed by atoms with van der Waals surface area (Å²) < 4.78 is 10.7. The molecule has 1 aliphatic heterocycles. The molecule has 35 heavy (non-hydrogen) atoms. The van der Waals surface area contributed by atoms with Gasteiger partial charge >= 0.3 is 0 Å². The van der Waals surface area contributed by atoms with E-state index in [2.05, 4.69) is 15.8 Å². The first-order valence-corrected chi connectivity index (χ1v) is 11.5. The number of carbonyl (C=O) groups is 3. The summed E-state index contributed by atoms with van der Waals surface area (Å²) in [6, 6.07) is 13.4. The number of aromatic nitrogens is 1. The summed E-state index contributed by atoms with van der Waals surface area (Å²) in [7, 11) is 1.59. The largest absolute Gasteiger partial charge is 0.497 e. The molecule has 2 heterocycles. The zero-order valence-electron chi connectivity index (χ0n) is 20.0. The Hall–Kier alpha value is -4.14. The number of ether oxygens (including phenoxy) is 1. The summed E-state index contributed by atoms with van der Waals surface area (Å²) in [6.07, 6.45) is 2.52. The maximum absolute atomic E-state index is 13.3. The number of benzene rings is 2. The van der Waals surface area contributed by atoms with Gasteiger partial charge in [0.25, 0.3) is 11.8 Å². The van der Waals surface area contributed by atoms with E-state index >= 15 is 0 Å². The third kappa shape index (κ3) is 5.51. The fourth-order valence-corrected chi connectivity index (χ4v) is 4.18. The fraction of sp³-hybridized carbons (Fsp3) is 0.308. The molecule has 1 atom stereocenters. The minimum atomic E-state index is -0.393. The van der Waals surface area contributed by atoms with Gasteiger partial charge in [0.05, 0.1) is 13.2 Å². The number of carbonyl (C=O) groups excluding carboxylic acids is 3. The number of hydrogen-bond donors (Lipinski definition) is 2. The zero-order chi connectivity index (χ0) is 24.9. The number of piperidine rings is 1. The summed E-state index contributed by atoms with van der Waals surface area (Å²) >= 11 is 0. The Morgan fingerprint density at radius 2 is 1.83 bits per heavy atom. The third-order valence-electron chi connectivity index (χ3n) is 5.99. The average molecular weight is 477 g/mol. The summed E-state index contributed by atoms with van der Waals surface area (Å²) in [5.74, 6) is 0.476. The van der Waals surface area contributed by atoms with Gasteiger partial charge in [-0.2, -0.15) is 0 Å². The molecule has 1 fully saturated rings. The van der Waals surface area contributed by atoms with Crippen molar-refractivity contribution in [2.75, 3.05) is 24.3 Å². The molecule has 1 unspecified atom stereocenters. The van der Waals surface area contributed by atoms with Gasteiger partial charge in [-0.1, -0.05) is 5.16 Å². The first-order chi connectivity index (χ1) is 16.9. The Morgan fingerprint density at radius 3 is 2.51 bits per heavy atom. The van der Waals surface area contributed by atoms with Gasteiger partial charge in [0.15, 0.2) is 11.5 Å². The SMILES string of the molecule is COc1ccc(NC(=O)c2cc(C3CCCCN3C(=O)c3ccc(NC(C)=O)cc3)on2)c(C)c1. The summed E-state index contributed by atoms with van der Waals surface area (Å²) in [5.41, 5.74) is 2.79. The third-order valence-corrected chi connectivity index (χ3v) is 5.99. The molecule has 0 spiro atoms. The Balaban J connectivity index is 1.49. The maximum atomic E-state index is 13.3. The molecule has 2 aromatic carbocycles. The molecule has 0 bridgehead atoms. The van der Waals surface area contributed by atoms with E-state index in [-0.39, 0.29) is 23.6 Å². The number of rotatable bonds is 6. The topological polar surface area (TPSA) is 114 Å². The molecule has 3 aromatic rings. The van der Waals surface area contributed by atoms with E-state index in [0.29, 0.717) is 41.4 Å². The first-order valence-electron chi connectivity index (χ1n) is 11.5. The molecular weight excluding hydrogens is 448 g/mol. The lowest BCUT2D eigenvalue weighted by Gasteiger charge is -2.34. The van der Waals surface area contributed by atoms with E-state index < -0.39 is 5.91 Å². The van der Waals surface area contributed by atoms with Crippen molar-refractivity contribution in [1.82, 2.24) is 10.1 Å². The molecule has 3 amide bonds. The Labute approximate surface area is 203 Å². The fourth-order valence-electron chi connectivity index (χ4n) is 4.18. The predicted molar refractivity (Wildman–Crippen MR) is 131 cm³/mol. The van der Waals surface area contributed by atoms with Crippen molar-refractivity contribution in [3.05, 3.63) is 71.1 Å². The number of amides is 3. The Kier molecular flexibility index (Phi) is 7.14. The number of anilines is 2. The molecular formula is C26H28N4O5. The highest BCUT2D eigenvalue weighted by Crippen LogP contribution is 2.33. The van der Waals surface area contributed by atoms with Crippen molar-refractivity contribution in [2.24, 2.45) is 0 Å². The lowest BCUT2D eigenvalue weighted by molar-refractivity contribution is -0.114. The van der Waals surface area contributed by atoms with Crippen LogP contribution in [0.3, 0.4) is 0 Å². The van der Waals surface area contributed by atoms with Crippen LogP contribution in [0, 0.1) is 6.92 Å². The zero-order valence-corrected chi connectivity index (χ0v) is 20.0. The van der Waals surface area contributed by atoms with E-state index in [0.717, 1.165) is 18.4 Å². The number of methoxy groups -OCH3 is 1. The highest BCUT2D eigenvalue weighted by molar-refractivity contribution is 6.03. The molecule has 2 N–H and O–H groups in total. The highest BCUT2D eigenvalue weighted by Gasteiger charge is 2.32. The van der Waals surface area contributed by atoms with E-state index in [1.165, 1.54) is 6.92 Å². The highest BCUT2D eigenvalue weighted by atomic mass is 16.5. The van der Waals surface area contributed by atoms with E-state index in [4.69, 9.17) is 9.26 Å². The minimum Gasteiger partial charge on any atom is -0.497 e. The molecule has 9 heteroatoms. The average Bonchev–Trinajstić information content (AvgIpc) is 3.35. The van der Waals surface area contributed by atoms with Crippen LogP contribution in [0.25, 0.3) is 0 Å². The van der Waals surface area contributed by atoms with Crippen LogP contribution < -0.4 is 15.4 Å². The van der Waals surface area contributed by atoms with Gasteiger partial charge in [-0.05, 0) is 74.2 Å². The molecule has 0 saturated carbocycles. The van der Waals surface area contributed by atoms with E-state index in [1.54, 1.807) is 54.5 Å². The number of aryl methyl sites for hydroxylation is 1. The molecule has 1 aliphatic rings. The number of hydrogen-bond acceptors (Lipinski definition) is 6. The van der Waals surface area contributed by atoms with Crippen molar-refractivity contribution in [3.8, 4) is 5.75 Å². The van der Waals surface area contributed by atoms with Crippen molar-refractivity contribution in [1.29, 1.82) is 0 Å². The second kappa shape index (κ2) is 10.4. The smallest absolute Gasteiger partial charge is 0.277 e. The van der Waals surface area contributed by atoms with Gasteiger partial charge in [0, 0.05) is 36.5 Å². The second-order valence-electron chi connectivity index (χ2n) is 8.52. The summed E-state index contributed by atoms with van der Waals surface area (Å²) in [6.45, 7) is 3.88. The van der Waals surface area contributed by atoms with Gasteiger partial charge in [0.2, 0.25) is 5.91 Å². The molecule has 1 saturated heterocycles. The van der Waals surface area contributed by atoms with E-state index in [9.17, 15) is 14.4 Å². The quantitative estimate of drug-likeness (QED) is 0.539. The van der Waals surface area contributed by atoms with Crippen molar-refractivity contribution in [3.63, 3.8) is 0 Å². The maximum Gasteiger partial charge on any atom is 0.277 e. The van der Waals surface area contributed by atoms with Crippen LogP contribution in [-0.2, 0) is 4.79 Å². The number of nitrogens with one attached hydrogen (secondary N) is 2. The first kappa shape index (κ1) is 24.0. The van der Waals surface area contributed by atoms with Crippen LogP contribution in [0.1, 0.15) is 64.4 Å². The van der Waals surface area contributed by atoms with Crippen molar-refractivity contribution < 1.29 is 23.6 Å². The minimum absolute atomic E-state index is 0.139. The molecule has 0 aliphatic carbocycles. The van der Waals surface area contributed by atoms with Crippen molar-refractivity contribution in [2.45, 2.75) is 39.2 Å². The number of nitrogens with zero attached hydrogens (tertiary/aromatic N) is 2. The Morgan fingerprint density at radius 1 is 1.06 bits per heavy atom. The van der Waals surface area contributed by atoms with Gasteiger partial charge < -0.3 is 24.8 Å². The van der Waals surface area contributed by atoms with Crippen LogP contribution in [-0.4, -0.2) is 41.4 Å². The van der Waals surface area contributed by atoms with Crippen LogP contribution in [0.2, 0.25) is 0 Å². The monoisotopic (exact) mass is 476 g/mol. The second-order valence-corrected chi connectivity index (χ2v) is 8.52. The summed E-state index contributed by atoms with van der Waals surface area (Å²) in [4.78, 5) is 39.1. The molecule has 1 aromatic heterocycles. The van der Waals surface area contributed by atoms with E-state index in [1.807, 2.05) is 13.0 Å². The summed E-state index contributed by atoms with van der Waals surface area (Å²) in [5, 5.41) is 9.51. The number of likely N-dealkylation sites (tertiary alicyclic amines) is 1. The standard InChI is InChI=1S/C26H28N4O5/c1-16-14-20(34-3)11-12-21(16)28-25(32)22-15-24(35-29-22)23-6-4-5-13-30(23)26(33)18-7-9-19(10-8-18)27-17(2)31/h7-12,14-15,23H,4-6,13H2,1-3H3,(H,27,31)(H,28,32). The molecule has 182 valence electrons. The molecule has 0 radical (unpaired) electrons. The molecule has 4 rings (SSSR count). The van der Waals surface area contributed by atoms with Gasteiger partial charge in [0.1, 0.15) is 5.75 Å². The lowest BCUT2D eigenvalue weighted by Crippen LogP contribution is -2.38. The van der Waals surface area contributed by atoms with Crippen LogP contribution in [0.15, 0.2) is 53.1 Å². The Bertz CT molecular complexity index is 1230. The molecule has 9 nitrogen and oxygen atoms in total. The van der Waals surface area contributed by atoms with Gasteiger partial charge in [-0.25, -0.2) is 0 Å². The van der Waals surface area contributed by atoms with Crippen LogP contribution >= 0.6 is 0 Å². The van der Waals surface area contributed by atoms with Gasteiger partial charge in [-0.15, -0.1) is 0 Å². The normalized spacial score (nSPS) is 15.4. The van der Waals surface area contributed by atoms with Crippen LogP contribution in [0.4, 0.5) is 11.4 Å². The van der Waals surface area contributed by atoms with Crippen LogP contribution in [0.5, 0.6) is 5.75 Å². The van der Waals surface area contributed by atoms with Crippen molar-refractivity contribution >= 4 is 29.1 Å².